The Kier molecular flexibility index (Phi) is 3.28. The molecule has 92 valence electrons. The van der Waals surface area contributed by atoms with E-state index in [9.17, 15) is 10.1 Å². The number of benzene rings is 1. The summed E-state index contributed by atoms with van der Waals surface area (Å²) in [5, 5.41) is 10.7. The zero-order valence-electron chi connectivity index (χ0n) is 9.83. The average Bonchev–Trinajstić information content (AvgIpc) is 2.32. The molecule has 1 heterocycles. The molecule has 0 aliphatic carbocycles. The zero-order chi connectivity index (χ0) is 12.4. The molecule has 1 aliphatic rings. The van der Waals surface area contributed by atoms with Crippen LogP contribution in [0.15, 0.2) is 24.3 Å². The van der Waals surface area contributed by atoms with E-state index in [0.717, 1.165) is 5.56 Å². The Hall–Kier alpha value is -1.62. The molecule has 3 atom stereocenters. The van der Waals surface area contributed by atoms with Gasteiger partial charge in [-0.1, -0.05) is 25.1 Å². The summed E-state index contributed by atoms with van der Waals surface area (Å²) in [6.45, 7) is 1.82. The number of nitro groups is 1. The largest absolute Gasteiger partial charge is 0.464 e. The molecule has 5 nitrogen and oxygen atoms in total. The minimum Gasteiger partial charge on any atom is -0.464 e. The van der Waals surface area contributed by atoms with Crippen LogP contribution in [0.25, 0.3) is 0 Å². The van der Waals surface area contributed by atoms with E-state index in [2.05, 4.69) is 0 Å². The van der Waals surface area contributed by atoms with Crippen LogP contribution in [0.1, 0.15) is 18.4 Å². The predicted octanol–water partition coefficient (Wildman–Crippen LogP) is 2.05. The van der Waals surface area contributed by atoms with Gasteiger partial charge in [0.15, 0.2) is 0 Å². The topological polar surface area (TPSA) is 61.6 Å². The second-order valence-electron chi connectivity index (χ2n) is 4.24. The highest BCUT2D eigenvalue weighted by atomic mass is 16.7. The summed E-state index contributed by atoms with van der Waals surface area (Å²) in [7, 11) is 1.55. The van der Waals surface area contributed by atoms with Crippen LogP contribution in [0, 0.1) is 16.0 Å². The standard InChI is InChI=1S/C12H15NO4/c1-8-10(7-13(14)15)9-5-3-4-6-11(9)17-12(8)16-2/h3-6,8,10,12H,7H2,1-2H3/t8-,10+,12+/m0/s1. The lowest BCUT2D eigenvalue weighted by Gasteiger charge is -2.34. The Balaban J connectivity index is 2.37. The van der Waals surface area contributed by atoms with E-state index in [-0.39, 0.29) is 23.3 Å². The average molecular weight is 237 g/mol. The van der Waals surface area contributed by atoms with Gasteiger partial charge in [0.2, 0.25) is 12.8 Å². The number of nitrogens with zero attached hydrogens (tertiary/aromatic N) is 1. The summed E-state index contributed by atoms with van der Waals surface area (Å²) >= 11 is 0. The van der Waals surface area contributed by atoms with Crippen LogP contribution in [-0.4, -0.2) is 24.9 Å². The maximum Gasteiger partial charge on any atom is 0.211 e. The summed E-state index contributed by atoms with van der Waals surface area (Å²) in [5.74, 6) is 0.476. The number of fused-ring (bicyclic) bond motifs is 1. The molecule has 0 aromatic heterocycles. The van der Waals surface area contributed by atoms with Crippen molar-refractivity contribution < 1.29 is 14.4 Å². The Morgan fingerprint density at radius 1 is 1.47 bits per heavy atom. The first-order chi connectivity index (χ1) is 8.13. The summed E-state index contributed by atoms with van der Waals surface area (Å²) in [6.07, 6.45) is -0.421. The van der Waals surface area contributed by atoms with Crippen LogP contribution in [-0.2, 0) is 4.74 Å². The molecule has 0 unspecified atom stereocenters. The molecule has 0 fully saturated rings. The number of hydrogen-bond acceptors (Lipinski definition) is 4. The van der Waals surface area contributed by atoms with E-state index >= 15 is 0 Å². The SMILES string of the molecule is CO[C@@H]1Oc2ccccc2[C@H](C[N+](=O)[O-])[C@@H]1C. The van der Waals surface area contributed by atoms with Crippen LogP contribution in [0.4, 0.5) is 0 Å². The van der Waals surface area contributed by atoms with Gasteiger partial charge in [-0.2, -0.15) is 0 Å². The van der Waals surface area contributed by atoms with E-state index in [1.54, 1.807) is 7.11 Å². The van der Waals surface area contributed by atoms with E-state index in [4.69, 9.17) is 9.47 Å². The minimum absolute atomic E-state index is 0.0414. The van der Waals surface area contributed by atoms with Crippen molar-refractivity contribution in [1.29, 1.82) is 0 Å². The van der Waals surface area contributed by atoms with Gasteiger partial charge in [-0.15, -0.1) is 0 Å². The minimum atomic E-state index is -0.421. The van der Waals surface area contributed by atoms with Crippen molar-refractivity contribution >= 4 is 0 Å². The Bertz CT molecular complexity index is 421. The molecule has 0 radical (unpaired) electrons. The molecular weight excluding hydrogens is 222 g/mol. The van der Waals surface area contributed by atoms with E-state index in [1.165, 1.54) is 0 Å². The van der Waals surface area contributed by atoms with Gasteiger partial charge >= 0.3 is 0 Å². The fourth-order valence-electron chi connectivity index (χ4n) is 2.29. The Labute approximate surface area is 99.5 Å². The molecule has 1 aliphatic heterocycles. The third-order valence-electron chi connectivity index (χ3n) is 3.20. The molecule has 2 rings (SSSR count). The molecule has 0 spiro atoms. The summed E-state index contributed by atoms with van der Waals surface area (Å²) in [4.78, 5) is 10.5. The summed E-state index contributed by atoms with van der Waals surface area (Å²) in [6, 6.07) is 7.42. The number of rotatable bonds is 3. The van der Waals surface area contributed by atoms with Crippen molar-refractivity contribution in [1.82, 2.24) is 0 Å². The van der Waals surface area contributed by atoms with Gasteiger partial charge in [0, 0.05) is 23.5 Å². The van der Waals surface area contributed by atoms with Crippen molar-refractivity contribution in [3.8, 4) is 5.75 Å². The van der Waals surface area contributed by atoms with E-state index < -0.39 is 6.29 Å². The first-order valence-electron chi connectivity index (χ1n) is 5.53. The fourth-order valence-corrected chi connectivity index (χ4v) is 2.29. The fraction of sp³-hybridized carbons (Fsp3) is 0.500. The van der Waals surface area contributed by atoms with Crippen LogP contribution in [0.3, 0.4) is 0 Å². The van der Waals surface area contributed by atoms with Crippen molar-refractivity contribution in [3.05, 3.63) is 39.9 Å². The lowest BCUT2D eigenvalue weighted by molar-refractivity contribution is -0.486. The monoisotopic (exact) mass is 237 g/mol. The smallest absolute Gasteiger partial charge is 0.211 e. The van der Waals surface area contributed by atoms with Gasteiger partial charge in [-0.3, -0.25) is 10.1 Å². The molecular formula is C12H15NO4. The molecule has 1 aromatic carbocycles. The first-order valence-corrected chi connectivity index (χ1v) is 5.53. The first kappa shape index (κ1) is 11.9. The third kappa shape index (κ3) is 2.24. The van der Waals surface area contributed by atoms with Gasteiger partial charge in [0.05, 0.1) is 5.92 Å². The maximum absolute atomic E-state index is 10.7. The van der Waals surface area contributed by atoms with E-state index in [0.29, 0.717) is 5.75 Å². The van der Waals surface area contributed by atoms with Crippen LogP contribution >= 0.6 is 0 Å². The Morgan fingerprint density at radius 2 is 2.18 bits per heavy atom. The maximum atomic E-state index is 10.7. The number of methoxy groups -OCH3 is 1. The molecule has 0 bridgehead atoms. The van der Waals surface area contributed by atoms with Crippen molar-refractivity contribution in [2.24, 2.45) is 5.92 Å². The number of para-hydroxylation sites is 1. The lowest BCUT2D eigenvalue weighted by Crippen LogP contribution is -2.38. The molecule has 1 aromatic rings. The van der Waals surface area contributed by atoms with E-state index in [1.807, 2.05) is 31.2 Å². The molecule has 17 heavy (non-hydrogen) atoms. The zero-order valence-corrected chi connectivity index (χ0v) is 9.83. The van der Waals surface area contributed by atoms with Gasteiger partial charge in [-0.05, 0) is 6.07 Å². The van der Waals surface area contributed by atoms with Gasteiger partial charge < -0.3 is 9.47 Å². The highest BCUT2D eigenvalue weighted by Crippen LogP contribution is 2.40. The molecule has 0 saturated heterocycles. The molecule has 0 amide bonds. The van der Waals surface area contributed by atoms with Crippen LogP contribution in [0.2, 0.25) is 0 Å². The molecule has 5 heteroatoms. The molecule has 0 saturated carbocycles. The van der Waals surface area contributed by atoms with Gasteiger partial charge in [0.25, 0.3) is 0 Å². The van der Waals surface area contributed by atoms with Crippen molar-refractivity contribution in [2.75, 3.05) is 13.7 Å². The van der Waals surface area contributed by atoms with Gasteiger partial charge in [-0.25, -0.2) is 0 Å². The second kappa shape index (κ2) is 4.71. The highest BCUT2D eigenvalue weighted by Gasteiger charge is 2.38. The summed E-state index contributed by atoms with van der Waals surface area (Å²) in [5.41, 5.74) is 0.894. The van der Waals surface area contributed by atoms with Gasteiger partial charge in [0.1, 0.15) is 5.75 Å². The molecule has 0 N–H and O–H groups in total. The van der Waals surface area contributed by atoms with Crippen molar-refractivity contribution in [2.45, 2.75) is 19.1 Å². The highest BCUT2D eigenvalue weighted by molar-refractivity contribution is 5.38. The Morgan fingerprint density at radius 3 is 2.82 bits per heavy atom. The predicted molar refractivity (Wildman–Crippen MR) is 61.6 cm³/mol. The normalized spacial score (nSPS) is 27.1. The summed E-state index contributed by atoms with van der Waals surface area (Å²) < 4.78 is 10.9. The third-order valence-corrected chi connectivity index (χ3v) is 3.20. The van der Waals surface area contributed by atoms with Crippen molar-refractivity contribution in [3.63, 3.8) is 0 Å². The second-order valence-corrected chi connectivity index (χ2v) is 4.24. The van der Waals surface area contributed by atoms with Crippen LogP contribution in [0.5, 0.6) is 5.75 Å². The lowest BCUT2D eigenvalue weighted by atomic mass is 9.84. The van der Waals surface area contributed by atoms with Crippen LogP contribution < -0.4 is 4.74 Å². The number of ether oxygens (including phenoxy) is 2. The quantitative estimate of drug-likeness (QED) is 0.596. The number of hydrogen-bond donors (Lipinski definition) is 0.